The van der Waals surface area contributed by atoms with E-state index in [-0.39, 0.29) is 18.3 Å². The van der Waals surface area contributed by atoms with Crippen molar-refractivity contribution in [3.63, 3.8) is 0 Å². The summed E-state index contributed by atoms with van der Waals surface area (Å²) in [4.78, 5) is 12.9. The van der Waals surface area contributed by atoms with Crippen LogP contribution in [0.1, 0.15) is 12.8 Å². The van der Waals surface area contributed by atoms with Crippen molar-refractivity contribution in [2.45, 2.75) is 17.7 Å². The Labute approximate surface area is 139 Å². The van der Waals surface area contributed by atoms with Crippen LogP contribution in [-0.4, -0.2) is 31.3 Å². The Morgan fingerprint density at radius 2 is 2.35 bits per heavy atom. The van der Waals surface area contributed by atoms with Gasteiger partial charge in [0.1, 0.15) is 0 Å². The van der Waals surface area contributed by atoms with Crippen LogP contribution in [0.5, 0.6) is 0 Å². The first-order chi connectivity index (χ1) is 9.24. The summed E-state index contributed by atoms with van der Waals surface area (Å²) < 4.78 is 1.05. The largest absolute Gasteiger partial charge is 0.355 e. The monoisotopic (exact) mass is 378 g/mol. The van der Waals surface area contributed by atoms with E-state index in [1.54, 1.807) is 11.8 Å². The summed E-state index contributed by atoms with van der Waals surface area (Å²) in [7, 11) is 0. The maximum absolute atomic E-state index is 11.8. The molecule has 3 nitrogen and oxygen atoms in total. The smallest absolute Gasteiger partial charge is 0.230 e. The number of piperidine rings is 1. The van der Waals surface area contributed by atoms with Crippen molar-refractivity contribution in [1.29, 1.82) is 0 Å². The summed E-state index contributed by atoms with van der Waals surface area (Å²) in [6.07, 6.45) is 2.43. The lowest BCUT2D eigenvalue weighted by atomic mass is 10.00. The number of benzene rings is 1. The molecule has 1 aromatic carbocycles. The molecule has 0 aliphatic carbocycles. The molecule has 1 aliphatic rings. The fraction of sp³-hybridized carbons (Fsp3) is 0.500. The van der Waals surface area contributed by atoms with E-state index in [2.05, 4.69) is 26.6 Å². The summed E-state index contributed by atoms with van der Waals surface area (Å²) in [5.41, 5.74) is 0. The Kier molecular flexibility index (Phi) is 8.61. The van der Waals surface area contributed by atoms with Crippen LogP contribution in [-0.2, 0) is 4.79 Å². The van der Waals surface area contributed by atoms with Crippen LogP contribution in [0, 0.1) is 5.92 Å². The standard InChI is InChI=1S/C14H19BrN2OS.ClH/c15-12-4-1-5-13(7-12)19-10-14(18)17-9-11-3-2-6-16-8-11;/h1,4-5,7,11,16H,2-3,6,8-10H2,(H,17,18);1H. The average Bonchev–Trinajstić information content (AvgIpc) is 2.44. The van der Waals surface area contributed by atoms with E-state index < -0.39 is 0 Å². The van der Waals surface area contributed by atoms with Crippen LogP contribution in [0.15, 0.2) is 33.6 Å². The first-order valence-corrected chi connectivity index (χ1v) is 8.37. The average molecular weight is 380 g/mol. The van der Waals surface area contributed by atoms with Gasteiger partial charge < -0.3 is 10.6 Å². The van der Waals surface area contributed by atoms with Crippen molar-refractivity contribution >= 4 is 46.0 Å². The lowest BCUT2D eigenvalue weighted by Crippen LogP contribution is -2.38. The number of carbonyl (C=O) groups excluding carboxylic acids is 1. The molecule has 1 amide bonds. The molecule has 1 atom stereocenters. The van der Waals surface area contributed by atoms with Crippen LogP contribution in [0.3, 0.4) is 0 Å². The predicted molar refractivity (Wildman–Crippen MR) is 90.7 cm³/mol. The van der Waals surface area contributed by atoms with Gasteiger partial charge in [0.2, 0.25) is 5.91 Å². The molecule has 1 heterocycles. The van der Waals surface area contributed by atoms with Crippen LogP contribution in [0.2, 0.25) is 0 Å². The van der Waals surface area contributed by atoms with Gasteiger partial charge in [-0.05, 0) is 50.0 Å². The predicted octanol–water partition coefficient (Wildman–Crippen LogP) is 3.08. The molecule has 1 aromatic rings. The zero-order valence-electron chi connectivity index (χ0n) is 11.2. The van der Waals surface area contributed by atoms with Gasteiger partial charge in [-0.25, -0.2) is 0 Å². The lowest BCUT2D eigenvalue weighted by Gasteiger charge is -2.22. The normalized spacial score (nSPS) is 18.1. The summed E-state index contributed by atoms with van der Waals surface area (Å²) in [6, 6.07) is 8.02. The van der Waals surface area contributed by atoms with Gasteiger partial charge in [-0.3, -0.25) is 4.79 Å². The maximum atomic E-state index is 11.8. The second-order valence-electron chi connectivity index (χ2n) is 4.76. The second kappa shape index (κ2) is 9.66. The van der Waals surface area contributed by atoms with Crippen molar-refractivity contribution in [1.82, 2.24) is 10.6 Å². The van der Waals surface area contributed by atoms with Gasteiger partial charge in [0.15, 0.2) is 0 Å². The number of amides is 1. The Bertz CT molecular complexity index is 427. The quantitative estimate of drug-likeness (QED) is 0.773. The number of rotatable bonds is 5. The van der Waals surface area contributed by atoms with Crippen molar-refractivity contribution in [2.75, 3.05) is 25.4 Å². The minimum absolute atomic E-state index is 0. The van der Waals surface area contributed by atoms with Gasteiger partial charge in [-0.1, -0.05) is 22.0 Å². The van der Waals surface area contributed by atoms with Crippen molar-refractivity contribution in [3.8, 4) is 0 Å². The summed E-state index contributed by atoms with van der Waals surface area (Å²) in [6.45, 7) is 2.94. The van der Waals surface area contributed by atoms with Crippen LogP contribution < -0.4 is 10.6 Å². The highest BCUT2D eigenvalue weighted by Gasteiger charge is 2.13. The van der Waals surface area contributed by atoms with E-state index in [4.69, 9.17) is 0 Å². The van der Waals surface area contributed by atoms with Crippen LogP contribution in [0.25, 0.3) is 0 Å². The van der Waals surface area contributed by atoms with E-state index in [0.29, 0.717) is 11.7 Å². The number of hydrogen-bond acceptors (Lipinski definition) is 3. The number of thioether (sulfide) groups is 1. The van der Waals surface area contributed by atoms with E-state index in [9.17, 15) is 4.79 Å². The topological polar surface area (TPSA) is 41.1 Å². The summed E-state index contributed by atoms with van der Waals surface area (Å²) in [5.74, 6) is 1.19. The van der Waals surface area contributed by atoms with Gasteiger partial charge in [0, 0.05) is 15.9 Å². The highest BCUT2D eigenvalue weighted by molar-refractivity contribution is 9.10. The molecule has 6 heteroatoms. The number of halogens is 2. The molecule has 1 saturated heterocycles. The molecular weight excluding hydrogens is 360 g/mol. The molecule has 20 heavy (non-hydrogen) atoms. The molecule has 2 rings (SSSR count). The fourth-order valence-corrected chi connectivity index (χ4v) is 3.45. The lowest BCUT2D eigenvalue weighted by molar-refractivity contribution is -0.118. The summed E-state index contributed by atoms with van der Waals surface area (Å²) in [5, 5.41) is 6.39. The van der Waals surface area contributed by atoms with E-state index in [1.165, 1.54) is 12.8 Å². The minimum atomic E-state index is 0. The SMILES string of the molecule is Cl.O=C(CSc1cccc(Br)c1)NCC1CCCNC1. The second-order valence-corrected chi connectivity index (χ2v) is 6.73. The van der Waals surface area contributed by atoms with Gasteiger partial charge >= 0.3 is 0 Å². The summed E-state index contributed by atoms with van der Waals surface area (Å²) >= 11 is 5.00. The molecule has 0 saturated carbocycles. The first-order valence-electron chi connectivity index (χ1n) is 6.60. The highest BCUT2D eigenvalue weighted by atomic mass is 79.9. The molecule has 0 aromatic heterocycles. The van der Waals surface area contributed by atoms with Crippen molar-refractivity contribution < 1.29 is 4.79 Å². The van der Waals surface area contributed by atoms with Gasteiger partial charge in [0.25, 0.3) is 0 Å². The third-order valence-electron chi connectivity index (χ3n) is 3.15. The highest BCUT2D eigenvalue weighted by Crippen LogP contribution is 2.21. The molecule has 0 radical (unpaired) electrons. The molecule has 112 valence electrons. The first kappa shape index (κ1) is 17.8. The Morgan fingerprint density at radius 1 is 1.50 bits per heavy atom. The van der Waals surface area contributed by atoms with Crippen LogP contribution >= 0.6 is 40.1 Å². The number of hydrogen-bond donors (Lipinski definition) is 2. The Balaban J connectivity index is 0.00000200. The molecule has 1 unspecified atom stereocenters. The Hall–Kier alpha value is -0.230. The molecular formula is C14H20BrClN2OS. The van der Waals surface area contributed by atoms with Crippen LogP contribution in [0.4, 0.5) is 0 Å². The van der Waals surface area contributed by atoms with Crippen molar-refractivity contribution in [2.24, 2.45) is 5.92 Å². The molecule has 0 bridgehead atoms. The minimum Gasteiger partial charge on any atom is -0.355 e. The maximum Gasteiger partial charge on any atom is 0.230 e. The van der Waals surface area contributed by atoms with E-state index >= 15 is 0 Å². The van der Waals surface area contributed by atoms with Crippen molar-refractivity contribution in [3.05, 3.63) is 28.7 Å². The number of nitrogens with one attached hydrogen (secondary N) is 2. The molecule has 1 fully saturated rings. The van der Waals surface area contributed by atoms with Gasteiger partial charge in [0.05, 0.1) is 5.75 Å². The van der Waals surface area contributed by atoms with E-state index in [0.717, 1.165) is 29.0 Å². The molecule has 2 N–H and O–H groups in total. The zero-order chi connectivity index (χ0) is 13.5. The Morgan fingerprint density at radius 3 is 3.05 bits per heavy atom. The third-order valence-corrected chi connectivity index (χ3v) is 4.64. The van der Waals surface area contributed by atoms with Gasteiger partial charge in [-0.2, -0.15) is 0 Å². The zero-order valence-corrected chi connectivity index (χ0v) is 14.5. The fourth-order valence-electron chi connectivity index (χ4n) is 2.11. The molecule has 0 spiro atoms. The molecule has 1 aliphatic heterocycles. The number of carbonyl (C=O) groups is 1. The van der Waals surface area contributed by atoms with E-state index in [1.807, 2.05) is 24.3 Å². The third kappa shape index (κ3) is 6.48. The van der Waals surface area contributed by atoms with Gasteiger partial charge in [-0.15, -0.1) is 24.2 Å².